The molecule has 0 saturated heterocycles. The fraction of sp³-hybridized carbons (Fsp3) is 0.304. The van der Waals surface area contributed by atoms with Gasteiger partial charge in [0.15, 0.2) is 0 Å². The van der Waals surface area contributed by atoms with Crippen LogP contribution in [0.2, 0.25) is 0 Å². The molecule has 0 fully saturated rings. The Labute approximate surface area is 153 Å². The summed E-state index contributed by atoms with van der Waals surface area (Å²) >= 11 is 0. The van der Waals surface area contributed by atoms with Crippen LogP contribution in [0.4, 0.5) is 5.69 Å². The molecule has 0 saturated carbocycles. The first-order valence-electron chi connectivity index (χ1n) is 9.44. The van der Waals surface area contributed by atoms with E-state index in [1.807, 2.05) is 0 Å². The molecule has 3 heteroatoms. The van der Waals surface area contributed by atoms with Crippen LogP contribution in [0.1, 0.15) is 19.8 Å². The van der Waals surface area contributed by atoms with Gasteiger partial charge >= 0.3 is 0 Å². The van der Waals surface area contributed by atoms with Gasteiger partial charge < -0.3 is 15.2 Å². The normalized spacial score (nSPS) is 13.0. The van der Waals surface area contributed by atoms with Crippen molar-refractivity contribution in [2.24, 2.45) is 0 Å². The molecule has 0 aliphatic rings. The van der Waals surface area contributed by atoms with Crippen molar-refractivity contribution in [2.45, 2.75) is 25.9 Å². The van der Waals surface area contributed by atoms with Crippen LogP contribution in [0.15, 0.2) is 54.6 Å². The second kappa shape index (κ2) is 7.48. The zero-order valence-corrected chi connectivity index (χ0v) is 15.2. The lowest BCUT2D eigenvalue weighted by atomic mass is 9.93. The number of hydrogen-bond acceptors (Lipinski definition) is 3. The van der Waals surface area contributed by atoms with Gasteiger partial charge in [0.2, 0.25) is 0 Å². The van der Waals surface area contributed by atoms with Crippen molar-refractivity contribution < 1.29 is 9.84 Å². The van der Waals surface area contributed by atoms with E-state index in [2.05, 4.69) is 66.8 Å². The quantitative estimate of drug-likeness (QED) is 0.341. The van der Waals surface area contributed by atoms with Crippen LogP contribution in [0.25, 0.3) is 32.3 Å². The second-order valence-electron chi connectivity index (χ2n) is 6.93. The van der Waals surface area contributed by atoms with Gasteiger partial charge in [-0.2, -0.15) is 0 Å². The van der Waals surface area contributed by atoms with Gasteiger partial charge in [0.05, 0.1) is 12.7 Å². The van der Waals surface area contributed by atoms with Gasteiger partial charge in [-0.25, -0.2) is 0 Å². The summed E-state index contributed by atoms with van der Waals surface area (Å²) in [5.74, 6) is 0. The summed E-state index contributed by atoms with van der Waals surface area (Å²) in [4.78, 5) is 0. The molecule has 3 nitrogen and oxygen atoms in total. The largest absolute Gasteiger partial charge is 0.389 e. The van der Waals surface area contributed by atoms with Crippen LogP contribution < -0.4 is 5.32 Å². The molecule has 0 aliphatic heterocycles. The molecule has 0 amide bonds. The number of rotatable bonds is 8. The molecule has 4 aromatic carbocycles. The van der Waals surface area contributed by atoms with Crippen LogP contribution in [0.5, 0.6) is 0 Å². The second-order valence-corrected chi connectivity index (χ2v) is 6.93. The molecule has 4 aromatic rings. The summed E-state index contributed by atoms with van der Waals surface area (Å²) in [6, 6.07) is 19.4. The topological polar surface area (TPSA) is 41.5 Å². The lowest BCUT2D eigenvalue weighted by Crippen LogP contribution is -2.25. The van der Waals surface area contributed by atoms with Crippen molar-refractivity contribution in [3.05, 3.63) is 54.6 Å². The van der Waals surface area contributed by atoms with E-state index in [0.29, 0.717) is 19.8 Å². The van der Waals surface area contributed by atoms with Crippen molar-refractivity contribution in [1.82, 2.24) is 0 Å². The van der Waals surface area contributed by atoms with Gasteiger partial charge in [-0.15, -0.1) is 0 Å². The van der Waals surface area contributed by atoms with Gasteiger partial charge in [0, 0.05) is 24.2 Å². The summed E-state index contributed by atoms with van der Waals surface area (Å²) in [6.45, 7) is 3.70. The van der Waals surface area contributed by atoms with Crippen molar-refractivity contribution in [1.29, 1.82) is 0 Å². The third kappa shape index (κ3) is 3.20. The van der Waals surface area contributed by atoms with Crippen LogP contribution in [0, 0.1) is 0 Å². The Hall–Kier alpha value is -2.36. The third-order valence-corrected chi connectivity index (χ3v) is 5.01. The molecule has 26 heavy (non-hydrogen) atoms. The number of aliphatic hydroxyl groups is 1. The van der Waals surface area contributed by atoms with E-state index in [0.717, 1.165) is 18.5 Å². The van der Waals surface area contributed by atoms with Crippen LogP contribution in [-0.4, -0.2) is 31.0 Å². The Bertz CT molecular complexity index is 995. The fourth-order valence-corrected chi connectivity index (χ4v) is 3.64. The van der Waals surface area contributed by atoms with E-state index in [9.17, 15) is 5.11 Å². The van der Waals surface area contributed by atoms with E-state index in [1.165, 1.54) is 32.3 Å². The first-order chi connectivity index (χ1) is 12.8. The summed E-state index contributed by atoms with van der Waals surface area (Å²) in [7, 11) is 0. The van der Waals surface area contributed by atoms with Crippen LogP contribution in [0.3, 0.4) is 0 Å². The average Bonchev–Trinajstić information content (AvgIpc) is 2.68. The SMILES string of the molecule is CCCCOCC(O)CNc1ccc2ccc3cccc4ccc1c2c34. The van der Waals surface area contributed by atoms with Gasteiger partial charge in [-0.3, -0.25) is 0 Å². The molecular formula is C23H25NO2. The van der Waals surface area contributed by atoms with Crippen molar-refractivity contribution in [2.75, 3.05) is 25.1 Å². The van der Waals surface area contributed by atoms with Gasteiger partial charge in [-0.1, -0.05) is 61.9 Å². The molecule has 0 bridgehead atoms. The highest BCUT2D eigenvalue weighted by Crippen LogP contribution is 2.37. The zero-order valence-electron chi connectivity index (χ0n) is 15.2. The number of nitrogens with one attached hydrogen (secondary N) is 1. The Morgan fingerprint density at radius 3 is 2.38 bits per heavy atom. The molecule has 2 N–H and O–H groups in total. The van der Waals surface area contributed by atoms with Crippen molar-refractivity contribution in [3.63, 3.8) is 0 Å². The smallest absolute Gasteiger partial charge is 0.0945 e. The monoisotopic (exact) mass is 347 g/mol. The number of benzene rings is 4. The minimum atomic E-state index is -0.509. The van der Waals surface area contributed by atoms with E-state index < -0.39 is 6.10 Å². The maximum atomic E-state index is 10.2. The lowest BCUT2D eigenvalue weighted by Gasteiger charge is -2.17. The number of anilines is 1. The molecule has 0 radical (unpaired) electrons. The maximum Gasteiger partial charge on any atom is 0.0945 e. The first-order valence-corrected chi connectivity index (χ1v) is 9.44. The summed E-state index contributed by atoms with van der Waals surface area (Å²) in [5, 5.41) is 21.2. The summed E-state index contributed by atoms with van der Waals surface area (Å²) in [5.41, 5.74) is 1.06. The molecule has 0 heterocycles. The van der Waals surface area contributed by atoms with Gasteiger partial charge in [0.25, 0.3) is 0 Å². The zero-order chi connectivity index (χ0) is 17.9. The highest BCUT2D eigenvalue weighted by molar-refractivity contribution is 6.25. The molecule has 134 valence electrons. The Kier molecular flexibility index (Phi) is 4.91. The van der Waals surface area contributed by atoms with E-state index in [1.54, 1.807) is 0 Å². The highest BCUT2D eigenvalue weighted by atomic mass is 16.5. The van der Waals surface area contributed by atoms with Crippen LogP contribution >= 0.6 is 0 Å². The average molecular weight is 347 g/mol. The standard InChI is InChI=1S/C23H25NO2/c1-2-3-13-26-15-19(25)14-24-21-12-10-18-8-7-16-5-4-6-17-9-11-20(21)23(18)22(16)17/h4-12,19,24-25H,2-3,13-15H2,1H3. The highest BCUT2D eigenvalue weighted by Gasteiger charge is 2.11. The Morgan fingerprint density at radius 1 is 0.923 bits per heavy atom. The third-order valence-electron chi connectivity index (χ3n) is 5.01. The first kappa shape index (κ1) is 17.1. The fourth-order valence-electron chi connectivity index (χ4n) is 3.64. The Balaban J connectivity index is 1.60. The summed E-state index contributed by atoms with van der Waals surface area (Å²) in [6.07, 6.45) is 1.64. The van der Waals surface area contributed by atoms with Gasteiger partial charge in [-0.05, 0) is 39.4 Å². The molecule has 0 spiro atoms. The molecule has 0 aromatic heterocycles. The lowest BCUT2D eigenvalue weighted by molar-refractivity contribution is 0.0422. The van der Waals surface area contributed by atoms with Crippen LogP contribution in [-0.2, 0) is 4.74 Å². The van der Waals surface area contributed by atoms with E-state index in [-0.39, 0.29) is 0 Å². The predicted molar refractivity (Wildman–Crippen MR) is 110 cm³/mol. The molecular weight excluding hydrogens is 322 g/mol. The molecule has 1 unspecified atom stereocenters. The predicted octanol–water partition coefficient (Wildman–Crippen LogP) is 5.17. The summed E-state index contributed by atoms with van der Waals surface area (Å²) < 4.78 is 5.51. The number of ether oxygens (including phenoxy) is 1. The maximum absolute atomic E-state index is 10.2. The van der Waals surface area contributed by atoms with E-state index in [4.69, 9.17) is 4.74 Å². The van der Waals surface area contributed by atoms with Gasteiger partial charge in [0.1, 0.15) is 0 Å². The van der Waals surface area contributed by atoms with Crippen molar-refractivity contribution >= 4 is 38.0 Å². The minimum Gasteiger partial charge on any atom is -0.389 e. The number of unbranched alkanes of at least 4 members (excludes halogenated alkanes) is 1. The molecule has 1 atom stereocenters. The Morgan fingerprint density at radius 2 is 1.62 bits per heavy atom. The van der Waals surface area contributed by atoms with Crippen molar-refractivity contribution in [3.8, 4) is 0 Å². The molecule has 0 aliphatic carbocycles. The number of hydrogen-bond donors (Lipinski definition) is 2. The molecule has 4 rings (SSSR count). The number of aliphatic hydroxyl groups excluding tert-OH is 1. The van der Waals surface area contributed by atoms with E-state index >= 15 is 0 Å². The minimum absolute atomic E-state index is 0.374.